The van der Waals surface area contributed by atoms with Crippen LogP contribution in [0.3, 0.4) is 0 Å². The van der Waals surface area contributed by atoms with Crippen LogP contribution in [0, 0.1) is 0 Å². The van der Waals surface area contributed by atoms with Gasteiger partial charge in [0.25, 0.3) is 0 Å². The molecule has 0 aliphatic carbocycles. The molecular weight excluding hydrogens is 250 g/mol. The second-order valence-electron chi connectivity index (χ2n) is 3.47. The lowest BCUT2D eigenvalue weighted by molar-refractivity contribution is 0.322. The molecule has 18 heavy (non-hydrogen) atoms. The van der Waals surface area contributed by atoms with Gasteiger partial charge in [0.2, 0.25) is 0 Å². The van der Waals surface area contributed by atoms with Gasteiger partial charge in [-0.05, 0) is 24.3 Å². The van der Waals surface area contributed by atoms with Crippen LogP contribution >= 0.6 is 11.6 Å². The standard InChI is InChI=1S/C13H18ClN3O/c1-3-8-16-13(15-2)17-9-10-18-12-6-4-11(14)5-7-12/h3-7H,1,8-10H2,2H3,(H2,15,16,17). The van der Waals surface area contributed by atoms with Gasteiger partial charge in [0, 0.05) is 18.6 Å². The Morgan fingerprint density at radius 2 is 2.11 bits per heavy atom. The third kappa shape index (κ3) is 5.59. The molecule has 0 saturated heterocycles. The molecule has 0 bridgehead atoms. The average Bonchev–Trinajstić information content (AvgIpc) is 2.40. The topological polar surface area (TPSA) is 45.7 Å². The minimum Gasteiger partial charge on any atom is -0.492 e. The van der Waals surface area contributed by atoms with Crippen LogP contribution in [0.15, 0.2) is 41.9 Å². The fourth-order valence-electron chi connectivity index (χ4n) is 1.26. The van der Waals surface area contributed by atoms with E-state index >= 15 is 0 Å². The van der Waals surface area contributed by atoms with Crippen LogP contribution in [-0.4, -0.2) is 32.7 Å². The smallest absolute Gasteiger partial charge is 0.191 e. The Kier molecular flexibility index (Phi) is 6.72. The summed E-state index contributed by atoms with van der Waals surface area (Å²) in [6.45, 7) is 5.53. The molecule has 0 aromatic heterocycles. The molecule has 0 spiro atoms. The van der Waals surface area contributed by atoms with Gasteiger partial charge in [-0.25, -0.2) is 0 Å². The molecule has 2 N–H and O–H groups in total. The van der Waals surface area contributed by atoms with Crippen molar-refractivity contribution in [2.75, 3.05) is 26.7 Å². The van der Waals surface area contributed by atoms with Crippen molar-refractivity contribution in [3.63, 3.8) is 0 Å². The lowest BCUT2D eigenvalue weighted by Gasteiger charge is -2.11. The molecule has 0 fully saturated rings. The van der Waals surface area contributed by atoms with Crippen molar-refractivity contribution in [2.24, 2.45) is 4.99 Å². The van der Waals surface area contributed by atoms with Gasteiger partial charge in [-0.15, -0.1) is 6.58 Å². The number of guanidine groups is 1. The van der Waals surface area contributed by atoms with Gasteiger partial charge >= 0.3 is 0 Å². The average molecular weight is 268 g/mol. The highest BCUT2D eigenvalue weighted by molar-refractivity contribution is 6.30. The number of benzene rings is 1. The molecule has 0 aliphatic heterocycles. The summed E-state index contributed by atoms with van der Waals surface area (Å²) in [6, 6.07) is 7.28. The molecule has 1 aromatic carbocycles. The third-order valence-corrected chi connectivity index (χ3v) is 2.37. The Morgan fingerprint density at radius 1 is 1.39 bits per heavy atom. The van der Waals surface area contributed by atoms with E-state index in [1.807, 2.05) is 12.1 Å². The molecule has 0 amide bonds. The van der Waals surface area contributed by atoms with Gasteiger partial charge in [0.15, 0.2) is 5.96 Å². The van der Waals surface area contributed by atoms with E-state index in [-0.39, 0.29) is 0 Å². The number of hydrogen-bond donors (Lipinski definition) is 2. The zero-order valence-electron chi connectivity index (χ0n) is 10.4. The van der Waals surface area contributed by atoms with Gasteiger partial charge in [-0.2, -0.15) is 0 Å². The molecule has 0 atom stereocenters. The summed E-state index contributed by atoms with van der Waals surface area (Å²) in [5.41, 5.74) is 0. The highest BCUT2D eigenvalue weighted by Crippen LogP contribution is 2.14. The van der Waals surface area contributed by atoms with E-state index in [0.717, 1.165) is 11.7 Å². The molecular formula is C13H18ClN3O. The largest absolute Gasteiger partial charge is 0.492 e. The Balaban J connectivity index is 2.21. The maximum absolute atomic E-state index is 5.78. The zero-order valence-corrected chi connectivity index (χ0v) is 11.2. The third-order valence-electron chi connectivity index (χ3n) is 2.11. The molecule has 0 heterocycles. The second kappa shape index (κ2) is 8.42. The fraction of sp³-hybridized carbons (Fsp3) is 0.308. The molecule has 0 radical (unpaired) electrons. The predicted octanol–water partition coefficient (Wildman–Crippen LogP) is 2.07. The second-order valence-corrected chi connectivity index (χ2v) is 3.91. The first kappa shape index (κ1) is 14.4. The van der Waals surface area contributed by atoms with Gasteiger partial charge in [-0.1, -0.05) is 17.7 Å². The number of aliphatic imine (C=N–C) groups is 1. The first-order chi connectivity index (χ1) is 8.76. The summed E-state index contributed by atoms with van der Waals surface area (Å²) in [5, 5.41) is 6.90. The van der Waals surface area contributed by atoms with Crippen molar-refractivity contribution >= 4 is 17.6 Å². The van der Waals surface area contributed by atoms with Crippen molar-refractivity contribution in [3.05, 3.63) is 41.9 Å². The summed E-state index contributed by atoms with van der Waals surface area (Å²) < 4.78 is 5.54. The molecule has 0 aliphatic rings. The molecule has 1 rings (SSSR count). The Morgan fingerprint density at radius 3 is 2.72 bits per heavy atom. The monoisotopic (exact) mass is 267 g/mol. The van der Waals surface area contributed by atoms with E-state index in [2.05, 4.69) is 22.2 Å². The SMILES string of the molecule is C=CCNC(=NC)NCCOc1ccc(Cl)cc1. The summed E-state index contributed by atoms with van der Waals surface area (Å²) in [6.07, 6.45) is 1.77. The van der Waals surface area contributed by atoms with E-state index in [9.17, 15) is 0 Å². The molecule has 0 saturated carbocycles. The molecule has 4 nitrogen and oxygen atoms in total. The zero-order chi connectivity index (χ0) is 13.2. The van der Waals surface area contributed by atoms with Gasteiger partial charge in [-0.3, -0.25) is 4.99 Å². The van der Waals surface area contributed by atoms with Crippen LogP contribution in [0.4, 0.5) is 0 Å². The van der Waals surface area contributed by atoms with Crippen molar-refractivity contribution in [1.29, 1.82) is 0 Å². The predicted molar refractivity (Wildman–Crippen MR) is 76.5 cm³/mol. The highest BCUT2D eigenvalue weighted by Gasteiger charge is 1.96. The van der Waals surface area contributed by atoms with Crippen molar-refractivity contribution in [3.8, 4) is 5.75 Å². The quantitative estimate of drug-likeness (QED) is 0.359. The van der Waals surface area contributed by atoms with E-state index in [1.54, 1.807) is 25.3 Å². The number of ether oxygens (including phenoxy) is 1. The van der Waals surface area contributed by atoms with Crippen LogP contribution in [-0.2, 0) is 0 Å². The maximum Gasteiger partial charge on any atom is 0.191 e. The fourth-order valence-corrected chi connectivity index (χ4v) is 1.38. The first-order valence-electron chi connectivity index (χ1n) is 5.70. The first-order valence-corrected chi connectivity index (χ1v) is 6.08. The van der Waals surface area contributed by atoms with Crippen LogP contribution in [0.25, 0.3) is 0 Å². The number of nitrogens with zero attached hydrogens (tertiary/aromatic N) is 1. The lowest BCUT2D eigenvalue weighted by atomic mass is 10.3. The van der Waals surface area contributed by atoms with Crippen molar-refractivity contribution < 1.29 is 4.74 Å². The highest BCUT2D eigenvalue weighted by atomic mass is 35.5. The number of nitrogens with one attached hydrogen (secondary N) is 2. The Hall–Kier alpha value is -1.68. The molecule has 1 aromatic rings. The number of rotatable bonds is 6. The van der Waals surface area contributed by atoms with Crippen molar-refractivity contribution in [2.45, 2.75) is 0 Å². The van der Waals surface area contributed by atoms with Crippen LogP contribution in [0.1, 0.15) is 0 Å². The molecule has 98 valence electrons. The molecule has 5 heteroatoms. The van der Waals surface area contributed by atoms with Gasteiger partial charge in [0.05, 0.1) is 6.54 Å². The number of hydrogen-bond acceptors (Lipinski definition) is 2. The van der Waals surface area contributed by atoms with Crippen molar-refractivity contribution in [1.82, 2.24) is 10.6 Å². The van der Waals surface area contributed by atoms with Crippen LogP contribution in [0.2, 0.25) is 5.02 Å². The summed E-state index contributed by atoms with van der Waals surface area (Å²) in [4.78, 5) is 4.06. The van der Waals surface area contributed by atoms with Crippen LogP contribution < -0.4 is 15.4 Å². The minimum atomic E-state index is 0.552. The van der Waals surface area contributed by atoms with Crippen LogP contribution in [0.5, 0.6) is 5.75 Å². The summed E-state index contributed by atoms with van der Waals surface area (Å²) in [5.74, 6) is 1.53. The van der Waals surface area contributed by atoms with E-state index < -0.39 is 0 Å². The van der Waals surface area contributed by atoms with E-state index in [0.29, 0.717) is 24.7 Å². The lowest BCUT2D eigenvalue weighted by Crippen LogP contribution is -2.39. The maximum atomic E-state index is 5.78. The summed E-state index contributed by atoms with van der Waals surface area (Å²) in [7, 11) is 1.72. The molecule has 0 unspecified atom stereocenters. The van der Waals surface area contributed by atoms with Gasteiger partial charge < -0.3 is 15.4 Å². The van der Waals surface area contributed by atoms with E-state index in [4.69, 9.17) is 16.3 Å². The Labute approximate surface area is 113 Å². The minimum absolute atomic E-state index is 0.552. The van der Waals surface area contributed by atoms with E-state index in [1.165, 1.54) is 0 Å². The van der Waals surface area contributed by atoms with Gasteiger partial charge in [0.1, 0.15) is 12.4 Å². The summed E-state index contributed by atoms with van der Waals surface area (Å²) >= 11 is 5.78. The Bertz CT molecular complexity index is 390. The number of halogens is 1. The normalized spacial score (nSPS) is 10.9.